The van der Waals surface area contributed by atoms with E-state index in [4.69, 9.17) is 18.9 Å². The van der Waals surface area contributed by atoms with Gasteiger partial charge in [0.1, 0.15) is 13.2 Å². The third-order valence-electron chi connectivity index (χ3n) is 7.80. The number of Topliss-reactive ketones (excluding diaryl/α,β-unsaturated/α-hetero) is 1. The maximum Gasteiger partial charge on any atom is 0.295 e. The first-order chi connectivity index (χ1) is 20.3. The zero-order valence-electron chi connectivity index (χ0n) is 25.5. The van der Waals surface area contributed by atoms with E-state index in [-0.39, 0.29) is 11.1 Å². The lowest BCUT2D eigenvalue weighted by atomic mass is 9.94. The molecule has 0 bridgehead atoms. The number of likely N-dealkylation sites (tertiary alicyclic amines) is 1. The average Bonchev–Trinajstić information content (AvgIpc) is 3.24. The minimum absolute atomic E-state index is 0.0669. The predicted octanol–water partition coefficient (Wildman–Crippen LogP) is 2.82. The standard InChI is InChI=1S/C33H44N2O7/c1-6-34(7-2)15-9-16-35-30(23-10-12-25(27(20-23)39-8-3)40-17-14-22(4)5)29(32(37)33(35)38)31(36)24-11-13-26-28(21-24)42-19-18-41-26/h10-13,20-22,30,36H,6-9,14-19H2,1-5H3. The van der Waals surface area contributed by atoms with Crippen LogP contribution in [0.4, 0.5) is 0 Å². The molecule has 0 aromatic heterocycles. The van der Waals surface area contributed by atoms with Crippen molar-refractivity contribution in [1.82, 2.24) is 4.90 Å². The first kappa shape index (κ1) is 31.2. The van der Waals surface area contributed by atoms with Crippen LogP contribution in [0.15, 0.2) is 42.0 Å². The fourth-order valence-electron chi connectivity index (χ4n) is 5.38. The molecule has 2 aromatic rings. The molecule has 2 aromatic carbocycles. The van der Waals surface area contributed by atoms with Crippen molar-refractivity contribution in [3.8, 4) is 23.0 Å². The number of hydrogen-bond acceptors (Lipinski definition) is 7. The first-order valence-electron chi connectivity index (χ1n) is 15.2. The van der Waals surface area contributed by atoms with Crippen LogP contribution in [0.1, 0.15) is 64.6 Å². The van der Waals surface area contributed by atoms with Gasteiger partial charge < -0.3 is 33.9 Å². The second-order valence-corrected chi connectivity index (χ2v) is 11.1. The van der Waals surface area contributed by atoms with Crippen LogP contribution in [0.2, 0.25) is 0 Å². The Bertz CT molecular complexity index is 1290. The number of hydrogen-bond donors (Lipinski definition) is 1. The highest BCUT2D eigenvalue weighted by atomic mass is 16.6. The van der Waals surface area contributed by atoms with Crippen LogP contribution in [0, 0.1) is 5.92 Å². The van der Waals surface area contributed by atoms with Gasteiger partial charge in [0.05, 0.1) is 38.9 Å². The van der Waals surface area contributed by atoms with Crippen molar-refractivity contribution < 1.29 is 38.5 Å². The molecule has 4 rings (SSSR count). The number of ketones is 1. The summed E-state index contributed by atoms with van der Waals surface area (Å²) in [5.41, 5.74) is 0.834. The Balaban J connectivity index is 1.75. The fourth-order valence-corrected chi connectivity index (χ4v) is 5.38. The summed E-state index contributed by atoms with van der Waals surface area (Å²) in [7, 11) is 0. The third kappa shape index (κ3) is 7.01. The van der Waals surface area contributed by atoms with Crippen molar-refractivity contribution in [3.05, 3.63) is 53.1 Å². The second kappa shape index (κ2) is 14.4. The highest BCUT2D eigenvalue weighted by Gasteiger charge is 2.44. The van der Waals surface area contributed by atoms with Gasteiger partial charge in [0.15, 0.2) is 23.0 Å². The lowest BCUT2D eigenvalue weighted by molar-refractivity contribution is -0.896. The Morgan fingerprint density at radius 3 is 2.43 bits per heavy atom. The van der Waals surface area contributed by atoms with Crippen molar-refractivity contribution in [2.45, 2.75) is 53.5 Å². The summed E-state index contributed by atoms with van der Waals surface area (Å²) in [4.78, 5) is 29.9. The number of nitrogens with zero attached hydrogens (tertiary/aromatic N) is 1. The van der Waals surface area contributed by atoms with Crippen molar-refractivity contribution >= 4 is 17.4 Å². The number of rotatable bonds is 14. The molecule has 9 nitrogen and oxygen atoms in total. The molecular weight excluding hydrogens is 536 g/mol. The lowest BCUT2D eigenvalue weighted by Crippen LogP contribution is -3.11. The molecule has 228 valence electrons. The molecule has 0 saturated carbocycles. The van der Waals surface area contributed by atoms with Gasteiger partial charge in [-0.1, -0.05) is 31.7 Å². The topological polar surface area (TPSA) is 102 Å². The highest BCUT2D eigenvalue weighted by molar-refractivity contribution is 6.46. The summed E-state index contributed by atoms with van der Waals surface area (Å²) >= 11 is 0. The van der Waals surface area contributed by atoms with Gasteiger partial charge in [0.25, 0.3) is 5.91 Å². The maximum absolute atomic E-state index is 14.0. The summed E-state index contributed by atoms with van der Waals surface area (Å²) in [5.74, 6) is 0.659. The van der Waals surface area contributed by atoms with E-state index in [1.807, 2.05) is 13.0 Å². The maximum atomic E-state index is 14.0. The Labute approximate surface area is 249 Å². The number of benzene rings is 2. The van der Waals surface area contributed by atoms with Gasteiger partial charge in [0, 0.05) is 18.5 Å². The summed E-state index contributed by atoms with van der Waals surface area (Å²) in [5, 5.41) is 14.0. The third-order valence-corrected chi connectivity index (χ3v) is 7.80. The zero-order chi connectivity index (χ0) is 30.2. The molecule has 1 saturated heterocycles. The van der Waals surface area contributed by atoms with Crippen LogP contribution in [0.25, 0.3) is 5.76 Å². The van der Waals surface area contributed by atoms with Gasteiger partial charge in [-0.25, -0.2) is 0 Å². The molecule has 2 heterocycles. The van der Waals surface area contributed by atoms with Gasteiger partial charge in [-0.3, -0.25) is 9.59 Å². The van der Waals surface area contributed by atoms with Crippen molar-refractivity contribution in [1.29, 1.82) is 0 Å². The van der Waals surface area contributed by atoms with Crippen LogP contribution in [0.5, 0.6) is 23.0 Å². The first-order valence-corrected chi connectivity index (χ1v) is 15.2. The number of amides is 1. The smallest absolute Gasteiger partial charge is 0.295 e. The van der Waals surface area contributed by atoms with Crippen LogP contribution >= 0.6 is 0 Å². The van der Waals surface area contributed by atoms with Gasteiger partial charge in [-0.2, -0.15) is 0 Å². The van der Waals surface area contributed by atoms with E-state index < -0.39 is 23.5 Å². The van der Waals surface area contributed by atoms with E-state index in [0.29, 0.717) is 73.9 Å². The minimum atomic E-state index is -0.846. The summed E-state index contributed by atoms with van der Waals surface area (Å²) in [6.45, 7) is 15.3. The Morgan fingerprint density at radius 2 is 1.74 bits per heavy atom. The van der Waals surface area contributed by atoms with E-state index in [1.165, 1.54) is 4.90 Å². The van der Waals surface area contributed by atoms with E-state index in [1.54, 1.807) is 35.2 Å². The number of quaternary nitrogens is 1. The SMILES string of the molecule is CCOc1cc(C2C(=C([O-])c3ccc4c(c3)OCCO4)C(=O)C(=O)N2CCC[NH+](CC)CC)ccc1OCCC(C)C. The average molecular weight is 581 g/mol. The van der Waals surface area contributed by atoms with Crippen LogP contribution < -0.4 is 29.0 Å². The quantitative estimate of drug-likeness (QED) is 0.208. The molecule has 1 atom stereocenters. The van der Waals surface area contributed by atoms with Crippen LogP contribution in [-0.4, -0.2) is 69.2 Å². The molecule has 9 heteroatoms. The van der Waals surface area contributed by atoms with Gasteiger partial charge in [-0.05, 0) is 68.5 Å². The minimum Gasteiger partial charge on any atom is -0.872 e. The van der Waals surface area contributed by atoms with Crippen LogP contribution in [0.3, 0.4) is 0 Å². The van der Waals surface area contributed by atoms with E-state index in [9.17, 15) is 14.7 Å². The lowest BCUT2D eigenvalue weighted by Gasteiger charge is -2.29. The molecule has 2 aliphatic heterocycles. The van der Waals surface area contributed by atoms with Crippen molar-refractivity contribution in [2.75, 3.05) is 52.6 Å². The van der Waals surface area contributed by atoms with E-state index >= 15 is 0 Å². The number of nitrogens with one attached hydrogen (secondary N) is 1. The Morgan fingerprint density at radius 1 is 1.00 bits per heavy atom. The summed E-state index contributed by atoms with van der Waals surface area (Å²) < 4.78 is 23.2. The molecule has 0 spiro atoms. The number of carbonyl (C=O) groups excluding carboxylic acids is 2. The van der Waals surface area contributed by atoms with E-state index in [2.05, 4.69) is 27.7 Å². The molecule has 0 radical (unpaired) electrons. The molecular formula is C33H44N2O7. The number of carbonyl (C=O) groups is 2. The molecule has 2 aliphatic rings. The molecule has 1 fully saturated rings. The normalized spacial score (nSPS) is 17.8. The zero-order valence-corrected chi connectivity index (χ0v) is 25.5. The fraction of sp³-hybridized carbons (Fsp3) is 0.515. The predicted molar refractivity (Wildman–Crippen MR) is 158 cm³/mol. The molecule has 0 aliphatic carbocycles. The Kier molecular flexibility index (Phi) is 10.7. The van der Waals surface area contributed by atoms with Gasteiger partial charge in [-0.15, -0.1) is 0 Å². The second-order valence-electron chi connectivity index (χ2n) is 11.1. The van der Waals surface area contributed by atoms with Crippen molar-refractivity contribution in [3.63, 3.8) is 0 Å². The largest absolute Gasteiger partial charge is 0.872 e. The number of fused-ring (bicyclic) bond motifs is 1. The molecule has 1 unspecified atom stereocenters. The van der Waals surface area contributed by atoms with Crippen LogP contribution in [-0.2, 0) is 9.59 Å². The van der Waals surface area contributed by atoms with Gasteiger partial charge in [0.2, 0.25) is 5.78 Å². The molecule has 42 heavy (non-hydrogen) atoms. The monoisotopic (exact) mass is 580 g/mol. The summed E-state index contributed by atoms with van der Waals surface area (Å²) in [6, 6.07) is 9.44. The Hall–Kier alpha value is -3.72. The number of ether oxygens (including phenoxy) is 4. The van der Waals surface area contributed by atoms with E-state index in [0.717, 1.165) is 26.1 Å². The summed E-state index contributed by atoms with van der Waals surface area (Å²) in [6.07, 6.45) is 1.59. The molecule has 1 N–H and O–H groups in total. The molecule has 1 amide bonds. The van der Waals surface area contributed by atoms with Gasteiger partial charge >= 0.3 is 0 Å². The van der Waals surface area contributed by atoms with Crippen molar-refractivity contribution in [2.24, 2.45) is 5.92 Å². The highest BCUT2D eigenvalue weighted by Crippen LogP contribution is 2.42.